The number of carbonyl (C=O) groups excluding carboxylic acids is 2. The average molecular weight is 237 g/mol. The molecule has 2 atom stereocenters. The molecule has 1 saturated carbocycles. The molecule has 1 aliphatic heterocycles. The Morgan fingerprint density at radius 1 is 1.41 bits per heavy atom. The summed E-state index contributed by atoms with van der Waals surface area (Å²) in [5, 5.41) is 0. The molecular weight excluding hydrogens is 214 g/mol. The summed E-state index contributed by atoms with van der Waals surface area (Å²) in [5.74, 6) is 1.11. The van der Waals surface area contributed by atoms with Crippen molar-refractivity contribution in [2.75, 3.05) is 6.54 Å². The zero-order valence-electron chi connectivity index (χ0n) is 11.2. The molecule has 1 aliphatic carbocycles. The Hall–Kier alpha value is -0.860. The Morgan fingerprint density at radius 3 is 2.71 bits per heavy atom. The zero-order chi connectivity index (χ0) is 12.6. The van der Waals surface area contributed by atoms with E-state index in [0.29, 0.717) is 24.8 Å². The highest BCUT2D eigenvalue weighted by Crippen LogP contribution is 2.47. The Kier molecular flexibility index (Phi) is 3.28. The molecule has 2 rings (SSSR count). The Bertz CT molecular complexity index is 337. The molecule has 2 unspecified atom stereocenters. The van der Waals surface area contributed by atoms with E-state index in [2.05, 4.69) is 20.8 Å². The first-order chi connectivity index (χ1) is 7.94. The van der Waals surface area contributed by atoms with Gasteiger partial charge in [0.2, 0.25) is 11.8 Å². The summed E-state index contributed by atoms with van der Waals surface area (Å²) >= 11 is 0. The third kappa shape index (κ3) is 2.24. The standard InChI is InChI=1S/C14H23NO2/c1-10(2)9-15-12(16)8-14(13(15)17)6-4-5-11(3)7-14/h10-11H,4-9H2,1-3H3. The molecule has 0 aromatic carbocycles. The van der Waals surface area contributed by atoms with E-state index in [1.165, 1.54) is 11.3 Å². The molecule has 0 radical (unpaired) electrons. The number of nitrogens with zero attached hydrogens (tertiary/aromatic N) is 1. The molecular formula is C14H23NO2. The van der Waals surface area contributed by atoms with Gasteiger partial charge in [0, 0.05) is 13.0 Å². The molecule has 0 aromatic heterocycles. The van der Waals surface area contributed by atoms with Crippen molar-refractivity contribution >= 4 is 11.8 Å². The molecule has 2 fully saturated rings. The van der Waals surface area contributed by atoms with Gasteiger partial charge in [-0.2, -0.15) is 0 Å². The molecule has 96 valence electrons. The third-order valence-corrected chi connectivity index (χ3v) is 4.13. The summed E-state index contributed by atoms with van der Waals surface area (Å²) in [6, 6.07) is 0. The predicted octanol–water partition coefficient (Wildman–Crippen LogP) is 2.60. The number of carbonyl (C=O) groups is 2. The molecule has 0 N–H and O–H groups in total. The van der Waals surface area contributed by atoms with Crippen molar-refractivity contribution in [1.29, 1.82) is 0 Å². The fourth-order valence-electron chi connectivity index (χ4n) is 3.42. The maximum absolute atomic E-state index is 12.5. The molecule has 3 nitrogen and oxygen atoms in total. The van der Waals surface area contributed by atoms with E-state index in [1.807, 2.05) is 0 Å². The number of hydrogen-bond acceptors (Lipinski definition) is 2. The van der Waals surface area contributed by atoms with Crippen LogP contribution in [0.3, 0.4) is 0 Å². The van der Waals surface area contributed by atoms with Crippen LogP contribution in [-0.2, 0) is 9.59 Å². The number of rotatable bonds is 2. The van der Waals surface area contributed by atoms with Crippen LogP contribution < -0.4 is 0 Å². The van der Waals surface area contributed by atoms with Crippen LogP contribution in [0.5, 0.6) is 0 Å². The van der Waals surface area contributed by atoms with Crippen molar-refractivity contribution in [2.45, 2.75) is 52.9 Å². The minimum atomic E-state index is -0.330. The van der Waals surface area contributed by atoms with Crippen LogP contribution in [0, 0.1) is 17.3 Å². The van der Waals surface area contributed by atoms with Gasteiger partial charge in [-0.1, -0.05) is 33.6 Å². The normalized spacial score (nSPS) is 34.1. The van der Waals surface area contributed by atoms with Gasteiger partial charge >= 0.3 is 0 Å². The van der Waals surface area contributed by atoms with E-state index in [1.54, 1.807) is 0 Å². The van der Waals surface area contributed by atoms with Crippen molar-refractivity contribution in [1.82, 2.24) is 4.90 Å². The van der Waals surface area contributed by atoms with E-state index < -0.39 is 0 Å². The molecule has 1 heterocycles. The molecule has 0 aromatic rings. The minimum absolute atomic E-state index is 0.0535. The fraction of sp³-hybridized carbons (Fsp3) is 0.857. The Labute approximate surface area is 104 Å². The summed E-state index contributed by atoms with van der Waals surface area (Å²) in [5.41, 5.74) is -0.330. The quantitative estimate of drug-likeness (QED) is 0.692. The van der Waals surface area contributed by atoms with Crippen molar-refractivity contribution in [3.8, 4) is 0 Å². The second kappa shape index (κ2) is 4.43. The van der Waals surface area contributed by atoms with Gasteiger partial charge in [0.05, 0.1) is 5.41 Å². The van der Waals surface area contributed by atoms with Crippen LogP contribution in [0.25, 0.3) is 0 Å². The molecule has 0 bridgehead atoms. The zero-order valence-corrected chi connectivity index (χ0v) is 11.2. The highest BCUT2D eigenvalue weighted by Gasteiger charge is 2.52. The van der Waals surface area contributed by atoms with Crippen molar-refractivity contribution in [2.24, 2.45) is 17.3 Å². The third-order valence-electron chi connectivity index (χ3n) is 4.13. The van der Waals surface area contributed by atoms with E-state index in [9.17, 15) is 9.59 Å². The maximum Gasteiger partial charge on any atom is 0.235 e. The lowest BCUT2D eigenvalue weighted by Crippen LogP contribution is -2.39. The summed E-state index contributed by atoms with van der Waals surface area (Å²) in [4.78, 5) is 26.0. The van der Waals surface area contributed by atoms with Gasteiger partial charge in [-0.05, 0) is 24.7 Å². The van der Waals surface area contributed by atoms with E-state index in [-0.39, 0.29) is 17.2 Å². The van der Waals surface area contributed by atoms with Gasteiger partial charge in [0.15, 0.2) is 0 Å². The van der Waals surface area contributed by atoms with Crippen LogP contribution >= 0.6 is 0 Å². The van der Waals surface area contributed by atoms with Gasteiger partial charge in [0.1, 0.15) is 0 Å². The molecule has 17 heavy (non-hydrogen) atoms. The van der Waals surface area contributed by atoms with Crippen LogP contribution in [0.15, 0.2) is 0 Å². The minimum Gasteiger partial charge on any atom is -0.282 e. The molecule has 2 aliphatic rings. The second-order valence-electron chi connectivity index (χ2n) is 6.36. The number of amides is 2. The van der Waals surface area contributed by atoms with Gasteiger partial charge in [-0.25, -0.2) is 0 Å². The lowest BCUT2D eigenvalue weighted by Gasteiger charge is -2.34. The lowest BCUT2D eigenvalue weighted by molar-refractivity contribution is -0.143. The van der Waals surface area contributed by atoms with Gasteiger partial charge < -0.3 is 0 Å². The van der Waals surface area contributed by atoms with E-state index >= 15 is 0 Å². The highest BCUT2D eigenvalue weighted by atomic mass is 16.2. The van der Waals surface area contributed by atoms with Gasteiger partial charge in [-0.15, -0.1) is 0 Å². The number of likely N-dealkylation sites (tertiary alicyclic amines) is 1. The first kappa shape index (κ1) is 12.6. The van der Waals surface area contributed by atoms with Gasteiger partial charge in [0.25, 0.3) is 0 Å². The van der Waals surface area contributed by atoms with E-state index in [4.69, 9.17) is 0 Å². The first-order valence-corrected chi connectivity index (χ1v) is 6.79. The fourth-order valence-corrected chi connectivity index (χ4v) is 3.42. The summed E-state index contributed by atoms with van der Waals surface area (Å²) in [6.07, 6.45) is 4.58. The topological polar surface area (TPSA) is 37.4 Å². The highest BCUT2D eigenvalue weighted by molar-refractivity contribution is 6.05. The molecule has 1 spiro atoms. The van der Waals surface area contributed by atoms with Crippen molar-refractivity contribution in [3.63, 3.8) is 0 Å². The molecule has 3 heteroatoms. The van der Waals surface area contributed by atoms with Crippen LogP contribution in [0.1, 0.15) is 52.9 Å². The van der Waals surface area contributed by atoms with Crippen LogP contribution in [-0.4, -0.2) is 23.3 Å². The maximum atomic E-state index is 12.5. The molecule has 2 amide bonds. The summed E-state index contributed by atoms with van der Waals surface area (Å²) in [6.45, 7) is 6.89. The largest absolute Gasteiger partial charge is 0.282 e. The van der Waals surface area contributed by atoms with Crippen LogP contribution in [0.2, 0.25) is 0 Å². The second-order valence-corrected chi connectivity index (χ2v) is 6.36. The lowest BCUT2D eigenvalue weighted by atomic mass is 9.69. The van der Waals surface area contributed by atoms with Crippen molar-refractivity contribution < 1.29 is 9.59 Å². The predicted molar refractivity (Wildman–Crippen MR) is 66.2 cm³/mol. The first-order valence-electron chi connectivity index (χ1n) is 6.79. The number of imide groups is 1. The smallest absolute Gasteiger partial charge is 0.235 e. The SMILES string of the molecule is CC(C)CN1C(=O)CC2(CCCC(C)C2)C1=O. The van der Waals surface area contributed by atoms with Crippen LogP contribution in [0.4, 0.5) is 0 Å². The van der Waals surface area contributed by atoms with E-state index in [0.717, 1.165) is 19.3 Å². The number of hydrogen-bond donors (Lipinski definition) is 0. The average Bonchev–Trinajstić information content (AvgIpc) is 2.42. The monoisotopic (exact) mass is 237 g/mol. The Balaban J connectivity index is 2.16. The Morgan fingerprint density at radius 2 is 2.12 bits per heavy atom. The van der Waals surface area contributed by atoms with Crippen molar-refractivity contribution in [3.05, 3.63) is 0 Å². The summed E-state index contributed by atoms with van der Waals surface area (Å²) in [7, 11) is 0. The van der Waals surface area contributed by atoms with Gasteiger partial charge in [-0.3, -0.25) is 14.5 Å². The summed E-state index contributed by atoms with van der Waals surface area (Å²) < 4.78 is 0. The molecule has 1 saturated heterocycles.